The molecule has 4 nitrogen and oxygen atoms in total. The normalized spacial score (nSPS) is 12.7. The SMILES string of the molecule is Cc1cc(C(N)Cc2ncnn2C)c(F)cc1F. The van der Waals surface area contributed by atoms with E-state index in [2.05, 4.69) is 10.1 Å². The molecule has 6 heteroatoms. The summed E-state index contributed by atoms with van der Waals surface area (Å²) in [6, 6.07) is 1.72. The average Bonchev–Trinajstić information content (AvgIpc) is 2.69. The highest BCUT2D eigenvalue weighted by Gasteiger charge is 2.16. The first-order chi connectivity index (χ1) is 8.49. The summed E-state index contributed by atoms with van der Waals surface area (Å²) < 4.78 is 28.4. The van der Waals surface area contributed by atoms with Gasteiger partial charge in [0.25, 0.3) is 0 Å². The first-order valence-electron chi connectivity index (χ1n) is 5.53. The number of rotatable bonds is 3. The molecule has 0 saturated carbocycles. The van der Waals surface area contributed by atoms with Crippen LogP contribution in [0.15, 0.2) is 18.5 Å². The van der Waals surface area contributed by atoms with Crippen molar-refractivity contribution in [2.45, 2.75) is 19.4 Å². The quantitative estimate of drug-likeness (QED) is 0.903. The molecule has 2 N–H and O–H groups in total. The van der Waals surface area contributed by atoms with Crippen LogP contribution >= 0.6 is 0 Å². The predicted octanol–water partition coefficient (Wildman–Crippen LogP) is 1.64. The molecule has 1 atom stereocenters. The Kier molecular flexibility index (Phi) is 3.38. The van der Waals surface area contributed by atoms with Gasteiger partial charge in [-0.1, -0.05) is 0 Å². The Bertz CT molecular complexity index is 565. The van der Waals surface area contributed by atoms with Gasteiger partial charge in [0.05, 0.1) is 0 Å². The van der Waals surface area contributed by atoms with Crippen LogP contribution in [0.4, 0.5) is 8.78 Å². The maximum absolute atomic E-state index is 13.6. The van der Waals surface area contributed by atoms with Gasteiger partial charge >= 0.3 is 0 Å². The smallest absolute Gasteiger partial charge is 0.138 e. The van der Waals surface area contributed by atoms with Crippen molar-refractivity contribution >= 4 is 0 Å². The van der Waals surface area contributed by atoms with E-state index >= 15 is 0 Å². The fraction of sp³-hybridized carbons (Fsp3) is 0.333. The largest absolute Gasteiger partial charge is 0.323 e. The van der Waals surface area contributed by atoms with Crippen LogP contribution < -0.4 is 5.73 Å². The minimum atomic E-state index is -0.632. The second-order valence-electron chi connectivity index (χ2n) is 4.23. The Balaban J connectivity index is 2.26. The van der Waals surface area contributed by atoms with Crippen LogP contribution in [0.5, 0.6) is 0 Å². The molecule has 0 saturated heterocycles. The monoisotopic (exact) mass is 252 g/mol. The highest BCUT2D eigenvalue weighted by Crippen LogP contribution is 2.21. The number of nitrogens with zero attached hydrogens (tertiary/aromatic N) is 3. The van der Waals surface area contributed by atoms with E-state index in [0.717, 1.165) is 6.07 Å². The van der Waals surface area contributed by atoms with E-state index in [1.165, 1.54) is 12.4 Å². The van der Waals surface area contributed by atoms with Gasteiger partial charge in [0.15, 0.2) is 0 Å². The molecule has 96 valence electrons. The van der Waals surface area contributed by atoms with E-state index < -0.39 is 17.7 Å². The third kappa shape index (κ3) is 2.38. The number of hydrogen-bond donors (Lipinski definition) is 1. The van der Waals surface area contributed by atoms with E-state index in [1.807, 2.05) is 0 Å². The van der Waals surface area contributed by atoms with Crippen molar-refractivity contribution in [1.29, 1.82) is 0 Å². The maximum Gasteiger partial charge on any atom is 0.138 e. The molecule has 2 aromatic rings. The molecule has 18 heavy (non-hydrogen) atoms. The zero-order valence-electron chi connectivity index (χ0n) is 10.2. The molecule has 0 aliphatic heterocycles. The lowest BCUT2D eigenvalue weighted by atomic mass is 10.0. The number of aryl methyl sites for hydroxylation is 2. The summed E-state index contributed by atoms with van der Waals surface area (Å²) in [5.74, 6) is -0.543. The number of benzene rings is 1. The first kappa shape index (κ1) is 12.6. The fourth-order valence-electron chi connectivity index (χ4n) is 1.78. The van der Waals surface area contributed by atoms with Crippen LogP contribution in [-0.2, 0) is 13.5 Å². The summed E-state index contributed by atoms with van der Waals surface area (Å²) in [5, 5.41) is 3.91. The average molecular weight is 252 g/mol. The zero-order valence-corrected chi connectivity index (χ0v) is 10.2. The van der Waals surface area contributed by atoms with E-state index in [1.54, 1.807) is 18.7 Å². The van der Waals surface area contributed by atoms with Gasteiger partial charge in [0.2, 0.25) is 0 Å². The summed E-state index contributed by atoms with van der Waals surface area (Å²) in [6.07, 6.45) is 1.76. The van der Waals surface area contributed by atoms with Crippen LogP contribution in [-0.4, -0.2) is 14.8 Å². The summed E-state index contributed by atoms with van der Waals surface area (Å²) in [4.78, 5) is 4.03. The molecule has 0 spiro atoms. The van der Waals surface area contributed by atoms with Crippen molar-refractivity contribution in [2.75, 3.05) is 0 Å². The van der Waals surface area contributed by atoms with Gasteiger partial charge in [-0.05, 0) is 18.6 Å². The van der Waals surface area contributed by atoms with Crippen molar-refractivity contribution in [1.82, 2.24) is 14.8 Å². The van der Waals surface area contributed by atoms with Gasteiger partial charge < -0.3 is 5.73 Å². The summed E-state index contributed by atoms with van der Waals surface area (Å²) in [5.41, 5.74) is 6.59. The molecule has 0 aliphatic rings. The first-order valence-corrected chi connectivity index (χ1v) is 5.53. The van der Waals surface area contributed by atoms with Gasteiger partial charge in [-0.25, -0.2) is 13.8 Å². The summed E-state index contributed by atoms with van der Waals surface area (Å²) in [6.45, 7) is 1.58. The van der Waals surface area contributed by atoms with Gasteiger partial charge in [-0.15, -0.1) is 0 Å². The van der Waals surface area contributed by atoms with Crippen LogP contribution in [0, 0.1) is 18.6 Å². The highest BCUT2D eigenvalue weighted by molar-refractivity contribution is 5.28. The number of halogens is 2. The third-order valence-corrected chi connectivity index (χ3v) is 2.89. The molecule has 0 bridgehead atoms. The molecular formula is C12H14F2N4. The Morgan fingerprint density at radius 2 is 2.06 bits per heavy atom. The van der Waals surface area contributed by atoms with Crippen molar-refractivity contribution < 1.29 is 8.78 Å². The molecule has 2 rings (SSSR count). The summed E-state index contributed by atoms with van der Waals surface area (Å²) in [7, 11) is 1.74. The molecule has 1 heterocycles. The molecule has 0 radical (unpaired) electrons. The maximum atomic E-state index is 13.6. The van der Waals surface area contributed by atoms with E-state index in [4.69, 9.17) is 5.73 Å². The van der Waals surface area contributed by atoms with Crippen LogP contribution in [0.3, 0.4) is 0 Å². The second kappa shape index (κ2) is 4.81. The zero-order chi connectivity index (χ0) is 13.3. The number of hydrogen-bond acceptors (Lipinski definition) is 3. The van der Waals surface area contributed by atoms with Gasteiger partial charge in [0, 0.05) is 31.1 Å². The molecule has 0 fully saturated rings. The predicted molar refractivity (Wildman–Crippen MR) is 62.7 cm³/mol. The van der Waals surface area contributed by atoms with E-state index in [-0.39, 0.29) is 5.56 Å². The molecule has 1 unspecified atom stereocenters. The number of aromatic nitrogens is 3. The fourth-order valence-corrected chi connectivity index (χ4v) is 1.78. The topological polar surface area (TPSA) is 56.7 Å². The van der Waals surface area contributed by atoms with Crippen molar-refractivity contribution in [3.63, 3.8) is 0 Å². The van der Waals surface area contributed by atoms with Gasteiger partial charge in [0.1, 0.15) is 23.8 Å². The highest BCUT2D eigenvalue weighted by atomic mass is 19.1. The van der Waals surface area contributed by atoms with Crippen LogP contribution in [0.25, 0.3) is 0 Å². The van der Waals surface area contributed by atoms with Crippen LogP contribution in [0.1, 0.15) is 23.0 Å². The van der Waals surface area contributed by atoms with Crippen molar-refractivity contribution in [3.05, 3.63) is 47.0 Å². The third-order valence-electron chi connectivity index (χ3n) is 2.89. The van der Waals surface area contributed by atoms with Crippen LogP contribution in [0.2, 0.25) is 0 Å². The molecule has 1 aromatic carbocycles. The van der Waals surface area contributed by atoms with Crippen molar-refractivity contribution in [3.8, 4) is 0 Å². The molecule has 0 amide bonds. The lowest BCUT2D eigenvalue weighted by molar-refractivity contribution is 0.542. The van der Waals surface area contributed by atoms with Gasteiger partial charge in [-0.3, -0.25) is 4.68 Å². The Hall–Kier alpha value is -1.82. The van der Waals surface area contributed by atoms with Crippen molar-refractivity contribution in [2.24, 2.45) is 12.8 Å². The Morgan fingerprint density at radius 3 is 2.67 bits per heavy atom. The second-order valence-corrected chi connectivity index (χ2v) is 4.23. The summed E-state index contributed by atoms with van der Waals surface area (Å²) >= 11 is 0. The molecular weight excluding hydrogens is 238 g/mol. The van der Waals surface area contributed by atoms with Gasteiger partial charge in [-0.2, -0.15) is 5.10 Å². The van der Waals surface area contributed by atoms with E-state index in [9.17, 15) is 8.78 Å². The van der Waals surface area contributed by atoms with E-state index in [0.29, 0.717) is 17.8 Å². The lowest BCUT2D eigenvalue weighted by Crippen LogP contribution is -2.18. The standard InChI is InChI=1S/C12H14F2N4/c1-7-3-8(10(14)4-9(7)13)11(15)5-12-16-6-17-18(12)2/h3-4,6,11H,5,15H2,1-2H3. The Morgan fingerprint density at radius 1 is 1.33 bits per heavy atom. The molecule has 1 aromatic heterocycles. The lowest BCUT2D eigenvalue weighted by Gasteiger charge is -2.13. The minimum absolute atomic E-state index is 0.289. The minimum Gasteiger partial charge on any atom is -0.323 e. The number of nitrogens with two attached hydrogens (primary N) is 1. The Labute approximate surface area is 103 Å². The molecule has 0 aliphatic carbocycles.